The average molecular weight is 266 g/mol. The molecule has 1 aliphatic heterocycles. The molecule has 0 spiro atoms. The molecule has 3 N–H and O–H groups in total. The molecule has 1 aromatic rings. The van der Waals surface area contributed by atoms with Crippen LogP contribution in [0.5, 0.6) is 0 Å². The zero-order valence-corrected chi connectivity index (χ0v) is 11.4. The lowest BCUT2D eigenvalue weighted by molar-refractivity contribution is -0.117. The summed E-state index contributed by atoms with van der Waals surface area (Å²) in [5, 5.41) is 6.46. The lowest BCUT2D eigenvalue weighted by atomic mass is 9.95. The normalized spacial score (nSPS) is 20.4. The number of rotatable bonds is 5. The first-order chi connectivity index (χ1) is 9.17. The van der Waals surface area contributed by atoms with Gasteiger partial charge in [-0.1, -0.05) is 5.16 Å². The molecule has 1 amide bonds. The summed E-state index contributed by atoms with van der Waals surface area (Å²) in [4.78, 5) is 14.1. The number of hydrogen-bond donors (Lipinski definition) is 2. The summed E-state index contributed by atoms with van der Waals surface area (Å²) in [7, 11) is 0. The molecule has 0 bridgehead atoms. The second kappa shape index (κ2) is 6.68. The molecule has 2 heterocycles. The zero-order chi connectivity index (χ0) is 13.7. The van der Waals surface area contributed by atoms with Crippen LogP contribution in [-0.2, 0) is 4.79 Å². The van der Waals surface area contributed by atoms with E-state index in [1.807, 2.05) is 6.92 Å². The molecule has 0 aromatic carbocycles. The van der Waals surface area contributed by atoms with Gasteiger partial charge < -0.3 is 10.3 Å². The van der Waals surface area contributed by atoms with E-state index in [1.165, 1.54) is 6.42 Å². The predicted molar refractivity (Wildman–Crippen MR) is 72.7 cm³/mol. The number of likely N-dealkylation sites (tertiary alicyclic amines) is 1. The highest BCUT2D eigenvalue weighted by Gasteiger charge is 2.21. The monoisotopic (exact) mass is 266 g/mol. The number of nitrogens with zero attached hydrogens (tertiary/aromatic N) is 2. The Bertz CT molecular complexity index is 417. The van der Waals surface area contributed by atoms with E-state index in [4.69, 9.17) is 10.3 Å². The Labute approximate surface area is 113 Å². The largest absolute Gasteiger partial charge is 0.338 e. The van der Waals surface area contributed by atoms with Crippen LogP contribution in [0.3, 0.4) is 0 Å². The standard InChI is InChI=1S/C13H22N4O2/c1-10-7-13(19-16-10)15-12(18)9-17-6-2-3-11(8-17)4-5-14/h7,11H,2-6,8-9,14H2,1H3,(H,15,18). The number of nitrogens with two attached hydrogens (primary N) is 1. The fraction of sp³-hybridized carbons (Fsp3) is 0.692. The number of carbonyl (C=O) groups excluding carboxylic acids is 1. The van der Waals surface area contributed by atoms with Gasteiger partial charge in [-0.05, 0) is 45.2 Å². The van der Waals surface area contributed by atoms with Gasteiger partial charge in [0, 0.05) is 12.6 Å². The van der Waals surface area contributed by atoms with Crippen molar-refractivity contribution in [2.75, 3.05) is 31.5 Å². The third kappa shape index (κ3) is 4.33. The van der Waals surface area contributed by atoms with Crippen molar-refractivity contribution in [2.45, 2.75) is 26.2 Å². The van der Waals surface area contributed by atoms with Gasteiger partial charge in [0.15, 0.2) is 0 Å². The van der Waals surface area contributed by atoms with Gasteiger partial charge in [-0.2, -0.15) is 0 Å². The molecule has 1 unspecified atom stereocenters. The topological polar surface area (TPSA) is 84.4 Å². The van der Waals surface area contributed by atoms with Gasteiger partial charge in [0.2, 0.25) is 11.8 Å². The highest BCUT2D eigenvalue weighted by atomic mass is 16.5. The molecule has 19 heavy (non-hydrogen) atoms. The number of aryl methyl sites for hydroxylation is 1. The van der Waals surface area contributed by atoms with Gasteiger partial charge in [0.05, 0.1) is 12.2 Å². The Morgan fingerprint density at radius 3 is 3.21 bits per heavy atom. The molecule has 1 saturated heterocycles. The van der Waals surface area contributed by atoms with Gasteiger partial charge in [-0.15, -0.1) is 0 Å². The van der Waals surface area contributed by atoms with Crippen molar-refractivity contribution in [3.8, 4) is 0 Å². The van der Waals surface area contributed by atoms with Crippen LogP contribution in [0.15, 0.2) is 10.6 Å². The number of aromatic nitrogens is 1. The molecule has 1 fully saturated rings. The molecule has 106 valence electrons. The maximum Gasteiger partial charge on any atom is 0.240 e. The first kappa shape index (κ1) is 14.0. The molecule has 2 rings (SSSR count). The van der Waals surface area contributed by atoms with Crippen LogP contribution in [0, 0.1) is 12.8 Å². The Kier molecular flexibility index (Phi) is 4.93. The maximum absolute atomic E-state index is 11.9. The summed E-state index contributed by atoms with van der Waals surface area (Å²) in [6, 6.07) is 1.71. The van der Waals surface area contributed by atoms with Crippen LogP contribution in [-0.4, -0.2) is 42.1 Å². The van der Waals surface area contributed by atoms with Crippen LogP contribution in [0.4, 0.5) is 5.88 Å². The van der Waals surface area contributed by atoms with E-state index in [9.17, 15) is 4.79 Å². The van der Waals surface area contributed by atoms with Gasteiger partial charge >= 0.3 is 0 Å². The Morgan fingerprint density at radius 2 is 2.53 bits per heavy atom. The average Bonchev–Trinajstić information content (AvgIpc) is 2.75. The zero-order valence-electron chi connectivity index (χ0n) is 11.4. The Balaban J connectivity index is 1.78. The molecule has 6 heteroatoms. The van der Waals surface area contributed by atoms with Crippen LogP contribution in [0.25, 0.3) is 0 Å². The van der Waals surface area contributed by atoms with Crippen LogP contribution in [0.2, 0.25) is 0 Å². The molecule has 1 aromatic heterocycles. The van der Waals surface area contributed by atoms with Gasteiger partial charge in [0.1, 0.15) is 0 Å². The third-order valence-electron chi connectivity index (χ3n) is 3.44. The van der Waals surface area contributed by atoms with E-state index in [2.05, 4.69) is 15.4 Å². The lowest BCUT2D eigenvalue weighted by Crippen LogP contribution is -2.40. The summed E-state index contributed by atoms with van der Waals surface area (Å²) in [6.45, 7) is 4.88. The Hall–Kier alpha value is -1.40. The van der Waals surface area contributed by atoms with E-state index in [-0.39, 0.29) is 5.91 Å². The molecule has 0 saturated carbocycles. The van der Waals surface area contributed by atoms with Gasteiger partial charge in [0.25, 0.3) is 0 Å². The third-order valence-corrected chi connectivity index (χ3v) is 3.44. The molecule has 0 aliphatic carbocycles. The summed E-state index contributed by atoms with van der Waals surface area (Å²) >= 11 is 0. The van der Waals surface area contributed by atoms with Crippen molar-refractivity contribution >= 4 is 11.8 Å². The van der Waals surface area contributed by atoms with Gasteiger partial charge in [-0.3, -0.25) is 15.0 Å². The van der Waals surface area contributed by atoms with E-state index in [0.29, 0.717) is 18.3 Å². The van der Waals surface area contributed by atoms with Crippen LogP contribution >= 0.6 is 0 Å². The van der Waals surface area contributed by atoms with Gasteiger partial charge in [-0.25, -0.2) is 0 Å². The molecule has 1 aliphatic rings. The van der Waals surface area contributed by atoms with Crippen molar-refractivity contribution < 1.29 is 9.32 Å². The molecular formula is C13H22N4O2. The highest BCUT2D eigenvalue weighted by molar-refractivity contribution is 5.90. The molecule has 0 radical (unpaired) electrons. The number of nitrogens with one attached hydrogen (secondary N) is 1. The van der Waals surface area contributed by atoms with E-state index in [1.54, 1.807) is 6.07 Å². The van der Waals surface area contributed by atoms with Crippen LogP contribution in [0.1, 0.15) is 25.0 Å². The van der Waals surface area contributed by atoms with Crippen molar-refractivity contribution in [3.05, 3.63) is 11.8 Å². The second-order valence-electron chi connectivity index (χ2n) is 5.20. The summed E-state index contributed by atoms with van der Waals surface area (Å²) in [5.74, 6) is 0.988. The first-order valence-corrected chi connectivity index (χ1v) is 6.83. The highest BCUT2D eigenvalue weighted by Crippen LogP contribution is 2.18. The molecule has 1 atom stereocenters. The number of anilines is 1. The lowest BCUT2D eigenvalue weighted by Gasteiger charge is -2.31. The molecule has 6 nitrogen and oxygen atoms in total. The van der Waals surface area contributed by atoms with E-state index >= 15 is 0 Å². The maximum atomic E-state index is 11.9. The fourth-order valence-corrected chi connectivity index (χ4v) is 2.57. The first-order valence-electron chi connectivity index (χ1n) is 6.83. The van der Waals surface area contributed by atoms with Crippen molar-refractivity contribution in [3.63, 3.8) is 0 Å². The molecular weight excluding hydrogens is 244 g/mol. The van der Waals surface area contributed by atoms with E-state index in [0.717, 1.165) is 38.2 Å². The smallest absolute Gasteiger partial charge is 0.240 e. The minimum atomic E-state index is -0.0513. The minimum Gasteiger partial charge on any atom is -0.338 e. The summed E-state index contributed by atoms with van der Waals surface area (Å²) in [6.07, 6.45) is 3.40. The summed E-state index contributed by atoms with van der Waals surface area (Å²) < 4.78 is 4.97. The second-order valence-corrected chi connectivity index (χ2v) is 5.20. The van der Waals surface area contributed by atoms with Crippen LogP contribution < -0.4 is 11.1 Å². The SMILES string of the molecule is Cc1cc(NC(=O)CN2CCCC(CCN)C2)on1. The predicted octanol–water partition coefficient (Wildman–Crippen LogP) is 0.982. The number of carbonyl (C=O) groups is 1. The number of piperidine rings is 1. The minimum absolute atomic E-state index is 0.0513. The number of hydrogen-bond acceptors (Lipinski definition) is 5. The van der Waals surface area contributed by atoms with Crippen molar-refractivity contribution in [1.29, 1.82) is 0 Å². The quantitative estimate of drug-likeness (QED) is 0.830. The van der Waals surface area contributed by atoms with Crippen molar-refractivity contribution in [1.82, 2.24) is 10.1 Å². The Morgan fingerprint density at radius 1 is 1.68 bits per heavy atom. The van der Waals surface area contributed by atoms with E-state index < -0.39 is 0 Å². The fourth-order valence-electron chi connectivity index (χ4n) is 2.57. The summed E-state index contributed by atoms with van der Waals surface area (Å²) in [5.41, 5.74) is 6.35. The van der Waals surface area contributed by atoms with Crippen molar-refractivity contribution in [2.24, 2.45) is 11.7 Å². The number of amides is 1.